The fourth-order valence-electron chi connectivity index (χ4n) is 7.65. The van der Waals surface area contributed by atoms with Crippen molar-refractivity contribution in [3.63, 3.8) is 0 Å². The predicted molar refractivity (Wildman–Crippen MR) is 161 cm³/mol. The predicted octanol–water partition coefficient (Wildman–Crippen LogP) is 5.69. The van der Waals surface area contributed by atoms with Crippen molar-refractivity contribution in [3.05, 3.63) is 69.9 Å². The van der Waals surface area contributed by atoms with Gasteiger partial charge < -0.3 is 19.7 Å². The van der Waals surface area contributed by atoms with Gasteiger partial charge in [-0.1, -0.05) is 26.0 Å². The minimum absolute atomic E-state index is 0.0920. The molecule has 6 heteroatoms. The van der Waals surface area contributed by atoms with E-state index in [1.54, 1.807) is 0 Å². The molecule has 7 rings (SSSR count). The van der Waals surface area contributed by atoms with Crippen molar-refractivity contribution in [2.24, 2.45) is 0 Å². The van der Waals surface area contributed by atoms with Gasteiger partial charge in [-0.2, -0.15) is 5.26 Å². The zero-order valence-electron chi connectivity index (χ0n) is 24.0. The van der Waals surface area contributed by atoms with Crippen molar-refractivity contribution >= 4 is 27.9 Å². The van der Waals surface area contributed by atoms with Gasteiger partial charge in [0.25, 0.3) is 0 Å². The quantitative estimate of drug-likeness (QED) is 0.468. The molecule has 6 nitrogen and oxygen atoms in total. The van der Waals surface area contributed by atoms with Crippen LogP contribution >= 0.6 is 0 Å². The van der Waals surface area contributed by atoms with Crippen molar-refractivity contribution in [2.75, 3.05) is 51.2 Å². The second-order valence-electron chi connectivity index (χ2n) is 12.8. The van der Waals surface area contributed by atoms with Gasteiger partial charge in [0.2, 0.25) is 0 Å². The molecule has 0 radical (unpaired) electrons. The number of H-pyrrole nitrogens is 1. The van der Waals surface area contributed by atoms with Gasteiger partial charge in [-0.05, 0) is 87.6 Å². The van der Waals surface area contributed by atoms with Crippen LogP contribution in [0.4, 0.5) is 5.69 Å². The minimum Gasteiger partial charge on any atom is -0.371 e. The number of hydrogen-bond acceptors (Lipinski definition) is 5. The summed E-state index contributed by atoms with van der Waals surface area (Å²) in [6.45, 7) is 11.1. The molecule has 1 aliphatic carbocycles. The molecule has 2 aromatic carbocycles. The lowest BCUT2D eigenvalue weighted by Crippen LogP contribution is -2.44. The summed E-state index contributed by atoms with van der Waals surface area (Å²) in [5.74, 6) is 0.0920. The normalized spacial score (nSPS) is 21.8. The number of carbonyl (C=O) groups is 1. The summed E-state index contributed by atoms with van der Waals surface area (Å²) in [7, 11) is 2.17. The highest BCUT2D eigenvalue weighted by molar-refractivity contribution is 6.20. The number of nitrogens with one attached hydrogen (secondary N) is 1. The first kappa shape index (κ1) is 25.6. The highest BCUT2D eigenvalue weighted by Gasteiger charge is 2.41. The van der Waals surface area contributed by atoms with E-state index in [1.165, 1.54) is 55.6 Å². The van der Waals surface area contributed by atoms with E-state index in [-0.39, 0.29) is 11.2 Å². The number of nitriles is 1. The van der Waals surface area contributed by atoms with E-state index >= 15 is 0 Å². The Hall–Kier alpha value is -3.40. The van der Waals surface area contributed by atoms with Gasteiger partial charge in [-0.25, -0.2) is 0 Å². The lowest BCUT2D eigenvalue weighted by Gasteiger charge is -2.40. The number of hydrogen-bond donors (Lipinski definition) is 1. The third kappa shape index (κ3) is 4.02. The molecular weight excluding hydrogens is 494 g/mol. The number of benzene rings is 2. The Morgan fingerprint density at radius 1 is 1.00 bits per heavy atom. The lowest BCUT2D eigenvalue weighted by atomic mass is 9.70. The summed E-state index contributed by atoms with van der Waals surface area (Å²) < 4.78 is 0. The molecule has 0 unspecified atom stereocenters. The Bertz CT molecular complexity index is 1570. The molecule has 40 heavy (non-hydrogen) atoms. The number of likely N-dealkylation sites (N-methyl/N-ethyl adjacent to an activating group) is 1. The number of carbonyl (C=O) groups excluding carboxylic acids is 1. The number of likely N-dealkylation sites (tertiary alicyclic amines) is 1. The first-order valence-electron chi connectivity index (χ1n) is 15.0. The Kier molecular flexibility index (Phi) is 6.14. The van der Waals surface area contributed by atoms with Crippen LogP contribution in [0, 0.1) is 11.3 Å². The molecule has 0 bridgehead atoms. The smallest absolute Gasteiger partial charge is 0.195 e. The third-order valence-electron chi connectivity index (χ3n) is 10.1. The fraction of sp³-hybridized carbons (Fsp3) is 0.471. The summed E-state index contributed by atoms with van der Waals surface area (Å²) in [6, 6.07) is 13.1. The first-order valence-corrected chi connectivity index (χ1v) is 15.0. The Morgan fingerprint density at radius 3 is 2.48 bits per heavy atom. The monoisotopic (exact) mass is 533 g/mol. The number of piperidine rings is 1. The molecule has 2 saturated heterocycles. The van der Waals surface area contributed by atoms with Crippen molar-refractivity contribution in [3.8, 4) is 6.07 Å². The van der Waals surface area contributed by atoms with Crippen LogP contribution in [-0.2, 0) is 5.41 Å². The van der Waals surface area contributed by atoms with E-state index in [2.05, 4.69) is 64.9 Å². The van der Waals surface area contributed by atoms with E-state index in [0.29, 0.717) is 11.6 Å². The zero-order chi connectivity index (χ0) is 27.6. The van der Waals surface area contributed by atoms with Crippen LogP contribution in [0.2, 0.25) is 0 Å². The van der Waals surface area contributed by atoms with E-state index in [9.17, 15) is 10.1 Å². The van der Waals surface area contributed by atoms with E-state index in [4.69, 9.17) is 0 Å². The summed E-state index contributed by atoms with van der Waals surface area (Å²) >= 11 is 0. The summed E-state index contributed by atoms with van der Waals surface area (Å²) in [5, 5.41) is 10.4. The van der Waals surface area contributed by atoms with Crippen molar-refractivity contribution in [1.82, 2.24) is 14.8 Å². The number of fused-ring (bicyclic) bond motifs is 4. The van der Waals surface area contributed by atoms with Crippen molar-refractivity contribution in [2.45, 2.75) is 57.4 Å². The van der Waals surface area contributed by atoms with Crippen LogP contribution in [0.3, 0.4) is 0 Å². The maximum absolute atomic E-state index is 14.3. The van der Waals surface area contributed by atoms with Gasteiger partial charge in [0.05, 0.1) is 17.2 Å². The molecule has 1 N–H and O–H groups in total. The van der Waals surface area contributed by atoms with E-state index in [0.717, 1.165) is 65.9 Å². The zero-order valence-corrected chi connectivity index (χ0v) is 24.0. The Balaban J connectivity index is 1.34. The van der Waals surface area contributed by atoms with Gasteiger partial charge in [-0.15, -0.1) is 0 Å². The number of anilines is 1. The molecule has 206 valence electrons. The molecule has 0 spiro atoms. The molecule has 0 saturated carbocycles. The van der Waals surface area contributed by atoms with Gasteiger partial charge in [0.15, 0.2) is 5.78 Å². The minimum atomic E-state index is -0.368. The number of aromatic nitrogens is 1. The van der Waals surface area contributed by atoms with Crippen LogP contribution in [0.5, 0.6) is 0 Å². The first-order chi connectivity index (χ1) is 19.3. The summed E-state index contributed by atoms with van der Waals surface area (Å²) in [5.41, 5.74) is 8.65. The topological polar surface area (TPSA) is 66.4 Å². The largest absolute Gasteiger partial charge is 0.371 e. The molecule has 0 amide bonds. The molecule has 0 atom stereocenters. The van der Waals surface area contributed by atoms with Crippen molar-refractivity contribution < 1.29 is 4.79 Å². The third-order valence-corrected chi connectivity index (χ3v) is 10.1. The van der Waals surface area contributed by atoms with E-state index < -0.39 is 0 Å². The Morgan fingerprint density at radius 2 is 1.77 bits per heavy atom. The average molecular weight is 534 g/mol. The maximum Gasteiger partial charge on any atom is 0.195 e. The Labute approximate surface area is 237 Å². The van der Waals surface area contributed by atoms with Gasteiger partial charge in [-0.3, -0.25) is 4.79 Å². The molecule has 3 aromatic rings. The van der Waals surface area contributed by atoms with E-state index in [1.807, 2.05) is 18.2 Å². The second kappa shape index (κ2) is 9.61. The molecule has 1 aromatic heterocycles. The molecule has 3 aliphatic heterocycles. The van der Waals surface area contributed by atoms with Gasteiger partial charge >= 0.3 is 0 Å². The lowest BCUT2D eigenvalue weighted by molar-refractivity contribution is 0.103. The standard InChI is InChI=1S/C34H39N5O/c1-34(2)28-20-30(39-16-10-24(11-17-39)38-12-4-5-13-38)26(23-8-14-37(3)15-9-23)19-27(28)32(40)31-25-7-6-22(21-35)18-29(25)36-33(31)34/h6-8,18-20,24,36H,4-5,9-17H2,1-3H3. The van der Waals surface area contributed by atoms with Crippen LogP contribution in [-0.4, -0.2) is 72.9 Å². The van der Waals surface area contributed by atoms with Crippen LogP contribution in [0.25, 0.3) is 16.5 Å². The molecule has 2 fully saturated rings. The fourth-order valence-corrected chi connectivity index (χ4v) is 7.65. The SMILES string of the molecule is CN1CC=C(c2cc3c(cc2N2CCC(N4CCCC4)CC2)C(C)(C)c2[nH]c4cc(C#N)ccc4c2C3=O)CC1. The molecule has 4 heterocycles. The second-order valence-corrected chi connectivity index (χ2v) is 12.8. The highest BCUT2D eigenvalue weighted by Crippen LogP contribution is 2.47. The summed E-state index contributed by atoms with van der Waals surface area (Å²) in [4.78, 5) is 25.5. The van der Waals surface area contributed by atoms with Crippen LogP contribution < -0.4 is 4.90 Å². The number of aromatic amines is 1. The van der Waals surface area contributed by atoms with Gasteiger partial charge in [0.1, 0.15) is 0 Å². The maximum atomic E-state index is 14.3. The van der Waals surface area contributed by atoms with Crippen molar-refractivity contribution in [1.29, 1.82) is 5.26 Å². The summed E-state index contributed by atoms with van der Waals surface area (Å²) in [6.07, 6.45) is 8.45. The average Bonchev–Trinajstić information content (AvgIpc) is 3.65. The molecular formula is C34H39N5O. The number of ketones is 1. The van der Waals surface area contributed by atoms with Gasteiger partial charge in [0, 0.05) is 71.0 Å². The number of rotatable bonds is 3. The number of nitrogens with zero attached hydrogens (tertiary/aromatic N) is 4. The van der Waals surface area contributed by atoms with Crippen LogP contribution in [0.1, 0.15) is 84.3 Å². The molecule has 4 aliphatic rings. The van der Waals surface area contributed by atoms with Crippen LogP contribution in [0.15, 0.2) is 36.4 Å². The highest BCUT2D eigenvalue weighted by atomic mass is 16.1.